The Hall–Kier alpha value is -1.06. The van der Waals surface area contributed by atoms with E-state index in [1.54, 1.807) is 7.11 Å². The van der Waals surface area contributed by atoms with Crippen molar-refractivity contribution in [3.05, 3.63) is 29.3 Å². The Morgan fingerprint density at radius 1 is 1.25 bits per heavy atom. The largest absolute Gasteiger partial charge is 0.497 e. The van der Waals surface area contributed by atoms with Crippen molar-refractivity contribution in [2.45, 2.75) is 64.1 Å². The zero-order valence-electron chi connectivity index (χ0n) is 15.0. The monoisotopic (exact) mass is 330 g/mol. The number of aliphatic hydroxyl groups excluding tert-OH is 2. The Balaban J connectivity index is 1.70. The molecule has 0 radical (unpaired) electrons. The Labute approximate surface area is 145 Å². The fourth-order valence-electron chi connectivity index (χ4n) is 6.60. The molecule has 7 atom stereocenters. The Kier molecular flexibility index (Phi) is 3.92. The highest BCUT2D eigenvalue weighted by Gasteiger charge is 2.58. The van der Waals surface area contributed by atoms with Crippen molar-refractivity contribution in [3.63, 3.8) is 0 Å². The highest BCUT2D eigenvalue weighted by molar-refractivity contribution is 5.41. The molecule has 4 rings (SSSR count). The van der Waals surface area contributed by atoms with Gasteiger partial charge in [-0.25, -0.2) is 0 Å². The second-order valence-corrected chi connectivity index (χ2v) is 8.60. The number of aryl methyl sites for hydroxylation is 1. The van der Waals surface area contributed by atoms with E-state index in [0.717, 1.165) is 31.4 Å². The summed E-state index contributed by atoms with van der Waals surface area (Å²) in [5.41, 5.74) is 2.77. The highest BCUT2D eigenvalue weighted by Crippen LogP contribution is 2.63. The Morgan fingerprint density at radius 3 is 2.75 bits per heavy atom. The molecule has 0 amide bonds. The van der Waals surface area contributed by atoms with Gasteiger partial charge in [0.25, 0.3) is 0 Å². The first-order valence-electron chi connectivity index (χ1n) is 9.48. The third-order valence-electron chi connectivity index (χ3n) is 7.56. The topological polar surface area (TPSA) is 49.7 Å². The molecule has 3 nitrogen and oxygen atoms in total. The van der Waals surface area contributed by atoms with E-state index < -0.39 is 0 Å². The van der Waals surface area contributed by atoms with Gasteiger partial charge in [0.15, 0.2) is 0 Å². The number of methoxy groups -OCH3 is 1. The van der Waals surface area contributed by atoms with Gasteiger partial charge in [-0.1, -0.05) is 13.0 Å². The summed E-state index contributed by atoms with van der Waals surface area (Å²) in [6.07, 6.45) is 4.77. The molecule has 3 heteroatoms. The maximum atomic E-state index is 11.1. The molecule has 1 aromatic carbocycles. The van der Waals surface area contributed by atoms with Crippen LogP contribution < -0.4 is 4.74 Å². The summed E-state index contributed by atoms with van der Waals surface area (Å²) in [6.45, 7) is 4.25. The summed E-state index contributed by atoms with van der Waals surface area (Å²) in [7, 11) is 1.71. The van der Waals surface area contributed by atoms with E-state index >= 15 is 0 Å². The van der Waals surface area contributed by atoms with Gasteiger partial charge < -0.3 is 14.9 Å². The molecule has 2 N–H and O–H groups in total. The van der Waals surface area contributed by atoms with E-state index in [0.29, 0.717) is 17.8 Å². The van der Waals surface area contributed by atoms with E-state index in [1.165, 1.54) is 17.5 Å². The van der Waals surface area contributed by atoms with Crippen LogP contribution in [0.3, 0.4) is 0 Å². The average Bonchev–Trinajstić information content (AvgIpc) is 2.90. The zero-order chi connectivity index (χ0) is 17.1. The smallest absolute Gasteiger partial charge is 0.119 e. The van der Waals surface area contributed by atoms with E-state index in [1.807, 2.05) is 13.0 Å². The van der Waals surface area contributed by atoms with Crippen molar-refractivity contribution in [1.29, 1.82) is 0 Å². The molecule has 0 bridgehead atoms. The lowest BCUT2D eigenvalue weighted by Gasteiger charge is -2.53. The average molecular weight is 330 g/mol. The van der Waals surface area contributed by atoms with E-state index in [-0.39, 0.29) is 23.5 Å². The number of hydrogen-bond acceptors (Lipinski definition) is 3. The van der Waals surface area contributed by atoms with Crippen LogP contribution in [0.4, 0.5) is 0 Å². The highest BCUT2D eigenvalue weighted by atomic mass is 16.5. The van der Waals surface area contributed by atoms with Crippen LogP contribution in [0.15, 0.2) is 18.2 Å². The third-order valence-corrected chi connectivity index (χ3v) is 7.56. The van der Waals surface area contributed by atoms with E-state index in [9.17, 15) is 10.2 Å². The van der Waals surface area contributed by atoms with Gasteiger partial charge in [0.05, 0.1) is 19.3 Å². The number of aliphatic hydroxyl groups is 2. The van der Waals surface area contributed by atoms with Crippen LogP contribution in [-0.2, 0) is 6.42 Å². The van der Waals surface area contributed by atoms with Crippen LogP contribution in [0.1, 0.15) is 56.6 Å². The fraction of sp³-hybridized carbons (Fsp3) is 0.714. The van der Waals surface area contributed by atoms with Gasteiger partial charge >= 0.3 is 0 Å². The van der Waals surface area contributed by atoms with Crippen molar-refractivity contribution < 1.29 is 14.9 Å². The first kappa shape index (κ1) is 16.4. The van der Waals surface area contributed by atoms with Crippen molar-refractivity contribution in [2.24, 2.45) is 23.2 Å². The maximum absolute atomic E-state index is 11.1. The second kappa shape index (κ2) is 5.74. The summed E-state index contributed by atoms with van der Waals surface area (Å²) in [4.78, 5) is 0. The molecule has 2 fully saturated rings. The SMILES string of the molecule is COc1ccc2c(c1)CCC1C2[C@H](O)C[C@]2(C)C(C(C)O)CCC12. The fourth-order valence-corrected chi connectivity index (χ4v) is 6.60. The molecule has 3 aliphatic carbocycles. The third kappa shape index (κ3) is 2.24. The lowest BCUT2D eigenvalue weighted by molar-refractivity contribution is -0.0754. The van der Waals surface area contributed by atoms with Crippen LogP contribution in [0.25, 0.3) is 0 Å². The Bertz CT molecular complexity index is 626. The number of hydrogen-bond donors (Lipinski definition) is 2. The molecule has 0 aliphatic heterocycles. The van der Waals surface area contributed by atoms with Gasteiger partial charge in [-0.2, -0.15) is 0 Å². The number of ether oxygens (including phenoxy) is 1. The molecule has 0 saturated heterocycles. The molecule has 132 valence electrons. The van der Waals surface area contributed by atoms with Crippen LogP contribution in [0.2, 0.25) is 0 Å². The molecule has 3 aliphatic rings. The predicted molar refractivity (Wildman–Crippen MR) is 94.2 cm³/mol. The van der Waals surface area contributed by atoms with Crippen molar-refractivity contribution >= 4 is 0 Å². The summed E-state index contributed by atoms with van der Waals surface area (Å²) in [5.74, 6) is 2.67. The summed E-state index contributed by atoms with van der Waals surface area (Å²) in [6, 6.07) is 6.37. The normalized spacial score (nSPS) is 42.0. The van der Waals surface area contributed by atoms with Crippen molar-refractivity contribution in [3.8, 4) is 5.75 Å². The van der Waals surface area contributed by atoms with E-state index in [4.69, 9.17) is 4.74 Å². The minimum atomic E-state index is -0.303. The molecule has 0 spiro atoms. The van der Waals surface area contributed by atoms with Crippen molar-refractivity contribution in [2.75, 3.05) is 7.11 Å². The molecule has 0 aromatic heterocycles. The van der Waals surface area contributed by atoms with Gasteiger partial charge in [0.2, 0.25) is 0 Å². The summed E-state index contributed by atoms with van der Waals surface area (Å²) < 4.78 is 5.38. The lowest BCUT2D eigenvalue weighted by Crippen LogP contribution is -2.50. The summed E-state index contributed by atoms with van der Waals surface area (Å²) >= 11 is 0. The van der Waals surface area contributed by atoms with Gasteiger partial charge in [-0.3, -0.25) is 0 Å². The van der Waals surface area contributed by atoms with Gasteiger partial charge in [-0.15, -0.1) is 0 Å². The quantitative estimate of drug-likeness (QED) is 0.872. The predicted octanol–water partition coefficient (Wildman–Crippen LogP) is 3.52. The van der Waals surface area contributed by atoms with Gasteiger partial charge in [0.1, 0.15) is 5.75 Å². The van der Waals surface area contributed by atoms with Crippen molar-refractivity contribution in [1.82, 2.24) is 0 Å². The molecule has 5 unspecified atom stereocenters. The minimum Gasteiger partial charge on any atom is -0.497 e. The second-order valence-electron chi connectivity index (χ2n) is 8.60. The van der Waals surface area contributed by atoms with E-state index in [2.05, 4.69) is 19.1 Å². The van der Waals surface area contributed by atoms with Gasteiger partial charge in [-0.05, 0) is 85.5 Å². The van der Waals surface area contributed by atoms with Crippen LogP contribution in [0, 0.1) is 23.2 Å². The standard InChI is InChI=1S/C21H30O3/c1-12(22)17-8-9-18-16-6-4-13-10-14(24-3)5-7-15(13)20(16)19(23)11-21(17,18)2/h5,7,10,12,16-20,22-23H,4,6,8-9,11H2,1-3H3/t12?,16?,17?,18?,19-,20?,21-/m1/s1. The lowest BCUT2D eigenvalue weighted by atomic mass is 9.53. The molecular weight excluding hydrogens is 300 g/mol. The molecular formula is C21H30O3. The van der Waals surface area contributed by atoms with Gasteiger partial charge in [0, 0.05) is 5.92 Å². The number of rotatable bonds is 2. The first-order valence-corrected chi connectivity index (χ1v) is 9.48. The molecule has 1 aromatic rings. The molecule has 0 heterocycles. The zero-order valence-corrected chi connectivity index (χ0v) is 15.0. The number of fused-ring (bicyclic) bond motifs is 5. The maximum Gasteiger partial charge on any atom is 0.119 e. The van der Waals surface area contributed by atoms with Crippen LogP contribution in [-0.4, -0.2) is 29.5 Å². The van der Waals surface area contributed by atoms with Crippen LogP contribution >= 0.6 is 0 Å². The number of benzene rings is 1. The first-order chi connectivity index (χ1) is 11.5. The Morgan fingerprint density at radius 2 is 2.04 bits per heavy atom. The van der Waals surface area contributed by atoms with Crippen LogP contribution in [0.5, 0.6) is 5.75 Å². The molecule has 24 heavy (non-hydrogen) atoms. The molecule has 2 saturated carbocycles. The summed E-state index contributed by atoms with van der Waals surface area (Å²) in [5, 5.41) is 21.3. The minimum absolute atomic E-state index is 0.0821.